The molecule has 2 N–H and O–H groups in total. The van der Waals surface area contributed by atoms with Gasteiger partial charge in [-0.2, -0.15) is 4.98 Å². The molecule has 0 saturated carbocycles. The molecule has 28 heavy (non-hydrogen) atoms. The second-order valence-corrected chi connectivity index (χ2v) is 8.59. The Labute approximate surface area is 168 Å². The number of hydrogen-bond donors (Lipinski definition) is 2. The van der Waals surface area contributed by atoms with Crippen molar-refractivity contribution in [1.82, 2.24) is 15.6 Å². The monoisotopic (exact) mass is 400 g/mol. The molecule has 1 amide bonds. The predicted molar refractivity (Wildman–Crippen MR) is 106 cm³/mol. The molecule has 148 valence electrons. The number of hydrogen-bond acceptors (Lipinski definition) is 7. The number of carbonyl (C=O) groups is 1. The molecule has 5 rings (SSSR count). The van der Waals surface area contributed by atoms with E-state index in [1.807, 2.05) is 24.3 Å². The number of morpholine rings is 1. The van der Waals surface area contributed by atoms with Crippen molar-refractivity contribution < 1.29 is 13.9 Å². The normalized spacial score (nSPS) is 26.6. The summed E-state index contributed by atoms with van der Waals surface area (Å²) in [6.45, 7) is 3.10. The zero-order chi connectivity index (χ0) is 18.9. The van der Waals surface area contributed by atoms with Crippen molar-refractivity contribution >= 4 is 23.5 Å². The maximum Gasteiger partial charge on any atom is 0.262 e. The first-order valence-corrected chi connectivity index (χ1v) is 10.7. The summed E-state index contributed by atoms with van der Waals surface area (Å²) in [6.07, 6.45) is 5.13. The van der Waals surface area contributed by atoms with Crippen LogP contribution in [-0.2, 0) is 4.74 Å². The van der Waals surface area contributed by atoms with Gasteiger partial charge in [0.25, 0.3) is 11.1 Å². The number of nitrogens with one attached hydrogen (secondary N) is 2. The van der Waals surface area contributed by atoms with E-state index in [-0.39, 0.29) is 11.9 Å². The van der Waals surface area contributed by atoms with Gasteiger partial charge in [-0.15, -0.1) is 0 Å². The summed E-state index contributed by atoms with van der Waals surface area (Å²) < 4.78 is 11.0. The van der Waals surface area contributed by atoms with Crippen molar-refractivity contribution in [3.05, 3.63) is 36.1 Å². The van der Waals surface area contributed by atoms with Crippen LogP contribution < -0.4 is 15.5 Å². The highest BCUT2D eigenvalue weighted by Gasteiger charge is 2.39. The molecule has 1 aromatic heterocycles. The quantitative estimate of drug-likeness (QED) is 0.797. The number of carbonyl (C=O) groups excluding carboxylic acids is 1. The van der Waals surface area contributed by atoms with Crippen LogP contribution in [0, 0.1) is 0 Å². The molecule has 0 radical (unpaired) electrons. The summed E-state index contributed by atoms with van der Waals surface area (Å²) in [4.78, 5) is 20.2. The maximum absolute atomic E-state index is 12.5. The fourth-order valence-electron chi connectivity index (χ4n) is 4.24. The molecular formula is C20H24N4O3S. The SMILES string of the molecule is O=C(N[C@@H]1C[C@H]2CC[C@@H]1N2)c1ccc(Sc2nc(N3CCOCC3)co2)cc1. The number of amides is 1. The largest absolute Gasteiger partial charge is 0.437 e. The number of oxazole rings is 1. The lowest BCUT2D eigenvalue weighted by Crippen LogP contribution is -2.42. The van der Waals surface area contributed by atoms with E-state index in [2.05, 4.69) is 20.5 Å². The number of aromatic nitrogens is 1. The third-order valence-corrected chi connectivity index (χ3v) is 6.61. The molecule has 0 unspecified atom stereocenters. The van der Waals surface area contributed by atoms with Crippen LogP contribution in [0.25, 0.3) is 0 Å². The molecule has 0 spiro atoms. The molecule has 3 aliphatic rings. The van der Waals surface area contributed by atoms with E-state index >= 15 is 0 Å². The van der Waals surface area contributed by atoms with Crippen molar-refractivity contribution in [3.63, 3.8) is 0 Å². The molecule has 8 heteroatoms. The van der Waals surface area contributed by atoms with Crippen LogP contribution in [0.2, 0.25) is 0 Å². The fraction of sp³-hybridized carbons (Fsp3) is 0.500. The highest BCUT2D eigenvalue weighted by molar-refractivity contribution is 7.99. The molecule has 2 bridgehead atoms. The Morgan fingerprint density at radius 1 is 1.21 bits per heavy atom. The third kappa shape index (κ3) is 3.76. The van der Waals surface area contributed by atoms with E-state index in [4.69, 9.17) is 9.15 Å². The minimum absolute atomic E-state index is 0.00151. The minimum atomic E-state index is 0.00151. The van der Waals surface area contributed by atoms with E-state index in [1.165, 1.54) is 18.2 Å². The predicted octanol–water partition coefficient (Wildman–Crippen LogP) is 2.29. The Balaban J connectivity index is 1.18. The second-order valence-electron chi connectivity index (χ2n) is 7.56. The second kappa shape index (κ2) is 7.77. The summed E-state index contributed by atoms with van der Waals surface area (Å²) in [5.74, 6) is 0.850. The summed E-state index contributed by atoms with van der Waals surface area (Å²) in [5, 5.41) is 7.33. The van der Waals surface area contributed by atoms with Crippen molar-refractivity contribution in [2.75, 3.05) is 31.2 Å². The molecule has 0 aliphatic carbocycles. The van der Waals surface area contributed by atoms with E-state index in [0.29, 0.717) is 22.9 Å². The van der Waals surface area contributed by atoms with Gasteiger partial charge in [0.05, 0.1) is 13.2 Å². The Kier molecular flexibility index (Phi) is 5.00. The fourth-order valence-corrected chi connectivity index (χ4v) is 4.95. The Hall–Kier alpha value is -2.03. The first-order valence-electron chi connectivity index (χ1n) is 9.88. The van der Waals surface area contributed by atoms with Crippen LogP contribution in [0.15, 0.2) is 45.1 Å². The number of anilines is 1. The van der Waals surface area contributed by atoms with E-state index in [1.54, 1.807) is 6.26 Å². The van der Waals surface area contributed by atoms with Crippen LogP contribution in [0.5, 0.6) is 0 Å². The van der Waals surface area contributed by atoms with E-state index < -0.39 is 0 Å². The lowest BCUT2D eigenvalue weighted by atomic mass is 9.95. The van der Waals surface area contributed by atoms with Crippen LogP contribution in [-0.4, -0.2) is 55.3 Å². The topological polar surface area (TPSA) is 79.6 Å². The van der Waals surface area contributed by atoms with Crippen LogP contribution >= 0.6 is 11.8 Å². The average molecular weight is 401 g/mol. The number of nitrogens with zero attached hydrogens (tertiary/aromatic N) is 2. The summed E-state index contributed by atoms with van der Waals surface area (Å²) in [6, 6.07) is 8.89. The van der Waals surface area contributed by atoms with E-state index in [9.17, 15) is 4.79 Å². The molecule has 3 aliphatic heterocycles. The van der Waals surface area contributed by atoms with Crippen molar-refractivity contribution in [1.29, 1.82) is 0 Å². The van der Waals surface area contributed by atoms with Gasteiger partial charge in [-0.05, 0) is 55.3 Å². The van der Waals surface area contributed by atoms with Crippen LogP contribution in [0.3, 0.4) is 0 Å². The standard InChI is InChI=1S/C20H24N4O3S/c25-19(22-17-11-14-3-6-16(17)21-14)13-1-4-15(5-2-13)28-20-23-18(12-27-20)24-7-9-26-10-8-24/h1-2,4-5,12,14,16-17,21H,3,6-11H2,(H,22,25)/t14-,16+,17-/m1/s1. The molecule has 2 aromatic rings. The highest BCUT2D eigenvalue weighted by Crippen LogP contribution is 2.30. The van der Waals surface area contributed by atoms with Crippen LogP contribution in [0.1, 0.15) is 29.6 Å². The maximum atomic E-state index is 12.5. The summed E-state index contributed by atoms with van der Waals surface area (Å²) in [5.41, 5.74) is 0.688. The van der Waals surface area contributed by atoms with Gasteiger partial charge in [0.1, 0.15) is 6.26 Å². The van der Waals surface area contributed by atoms with Crippen molar-refractivity contribution in [2.45, 2.75) is 47.5 Å². The van der Waals surface area contributed by atoms with Crippen molar-refractivity contribution in [2.24, 2.45) is 0 Å². The Morgan fingerprint density at radius 3 is 2.75 bits per heavy atom. The van der Waals surface area contributed by atoms with Crippen LogP contribution in [0.4, 0.5) is 5.82 Å². The Morgan fingerprint density at radius 2 is 2.04 bits per heavy atom. The zero-order valence-corrected chi connectivity index (χ0v) is 16.4. The smallest absolute Gasteiger partial charge is 0.262 e. The molecule has 4 heterocycles. The first-order chi connectivity index (χ1) is 13.7. The van der Waals surface area contributed by atoms with Gasteiger partial charge in [-0.3, -0.25) is 4.79 Å². The number of fused-ring (bicyclic) bond motifs is 2. The minimum Gasteiger partial charge on any atom is -0.437 e. The summed E-state index contributed by atoms with van der Waals surface area (Å²) in [7, 11) is 0. The van der Waals surface area contributed by atoms with Gasteiger partial charge < -0.3 is 24.7 Å². The lowest BCUT2D eigenvalue weighted by Gasteiger charge is -2.25. The first kappa shape index (κ1) is 18.0. The van der Waals surface area contributed by atoms with E-state index in [0.717, 1.165) is 49.9 Å². The molecule has 1 aromatic carbocycles. The van der Waals surface area contributed by atoms with Gasteiger partial charge in [0.2, 0.25) is 0 Å². The number of rotatable bonds is 5. The molecular weight excluding hydrogens is 376 g/mol. The molecule has 3 fully saturated rings. The summed E-state index contributed by atoms with van der Waals surface area (Å²) >= 11 is 1.46. The third-order valence-electron chi connectivity index (χ3n) is 5.74. The lowest BCUT2D eigenvalue weighted by molar-refractivity contribution is 0.0931. The van der Waals surface area contributed by atoms with Crippen molar-refractivity contribution in [3.8, 4) is 0 Å². The number of benzene rings is 1. The Bertz CT molecular complexity index is 834. The average Bonchev–Trinajstić information content (AvgIpc) is 3.46. The molecule has 7 nitrogen and oxygen atoms in total. The molecule has 3 saturated heterocycles. The highest BCUT2D eigenvalue weighted by atomic mass is 32.2. The van der Waals surface area contributed by atoms with Gasteiger partial charge >= 0.3 is 0 Å². The van der Waals surface area contributed by atoms with Gasteiger partial charge in [0.15, 0.2) is 5.82 Å². The van der Waals surface area contributed by atoms with Gasteiger partial charge in [-0.25, -0.2) is 0 Å². The van der Waals surface area contributed by atoms with Gasteiger partial charge in [-0.1, -0.05) is 0 Å². The zero-order valence-electron chi connectivity index (χ0n) is 15.6. The van der Waals surface area contributed by atoms with Gasteiger partial charge in [0, 0.05) is 41.7 Å². The number of ether oxygens (including phenoxy) is 1. The molecule has 3 atom stereocenters.